The van der Waals surface area contributed by atoms with Gasteiger partial charge in [-0.15, -0.1) is 0 Å². The lowest BCUT2D eigenvalue weighted by molar-refractivity contribution is -0.140. The van der Waals surface area contributed by atoms with Gasteiger partial charge in [0, 0.05) is 17.4 Å². The van der Waals surface area contributed by atoms with Crippen LogP contribution in [-0.4, -0.2) is 32.0 Å². The Morgan fingerprint density at radius 3 is 2.14 bits per heavy atom. The Balaban J connectivity index is 2.21. The van der Waals surface area contributed by atoms with Crippen molar-refractivity contribution in [2.45, 2.75) is 11.1 Å². The summed E-state index contributed by atoms with van der Waals surface area (Å²) in [6, 6.07) is 8.65. The van der Waals surface area contributed by atoms with E-state index < -0.39 is 27.5 Å². The fourth-order valence-electron chi connectivity index (χ4n) is 2.72. The number of rotatable bonds is 4. The molecule has 0 radical (unpaired) electrons. The lowest BCUT2D eigenvalue weighted by atomic mass is 9.98. The Morgan fingerprint density at radius 2 is 1.64 bits per heavy atom. The molecular weight excluding hydrogens is 400 g/mol. The fourth-order valence-corrected chi connectivity index (χ4v) is 3.35. The van der Waals surface area contributed by atoms with Crippen LogP contribution in [0.1, 0.15) is 5.69 Å². The summed E-state index contributed by atoms with van der Waals surface area (Å²) >= 11 is 0. The molecule has 1 heterocycles. The number of methoxy groups -OCH3 is 1. The Hall–Kier alpha value is -2.88. The Labute approximate surface area is 157 Å². The third kappa shape index (κ3) is 3.72. The van der Waals surface area contributed by atoms with Crippen LogP contribution in [-0.2, 0) is 16.0 Å². The molecule has 0 fully saturated rings. The number of ether oxygens (including phenoxy) is 1. The van der Waals surface area contributed by atoms with E-state index in [4.69, 9.17) is 4.74 Å². The maximum Gasteiger partial charge on any atom is 0.433 e. The molecule has 3 aromatic rings. The molecule has 0 amide bonds. The lowest BCUT2D eigenvalue weighted by Gasteiger charge is -2.11. The topological polar surface area (TPSA) is 72.1 Å². The monoisotopic (exact) mass is 414 g/mol. The molecule has 2 aromatic carbocycles. The van der Waals surface area contributed by atoms with Crippen LogP contribution in [0.5, 0.6) is 5.75 Å². The quantitative estimate of drug-likeness (QED) is 0.646. The molecule has 0 bridgehead atoms. The first kappa shape index (κ1) is 19.9. The third-order valence-electron chi connectivity index (χ3n) is 4.05. The van der Waals surface area contributed by atoms with Crippen LogP contribution in [0.3, 0.4) is 0 Å². The number of sulfone groups is 1. The number of hydrogen-bond acceptors (Lipinski definition) is 4. The van der Waals surface area contributed by atoms with Crippen molar-refractivity contribution in [2.75, 3.05) is 13.4 Å². The molecule has 0 saturated heterocycles. The Kier molecular flexibility index (Phi) is 4.92. The first-order valence-corrected chi connectivity index (χ1v) is 9.71. The minimum Gasteiger partial charge on any atom is -0.494 e. The fraction of sp³-hybridized carbons (Fsp3) is 0.167. The summed E-state index contributed by atoms with van der Waals surface area (Å²) in [5.41, 5.74) is -1.38. The van der Waals surface area contributed by atoms with E-state index in [2.05, 4.69) is 5.10 Å². The highest BCUT2D eigenvalue weighted by molar-refractivity contribution is 7.90. The zero-order chi connectivity index (χ0) is 20.7. The molecule has 0 aliphatic carbocycles. The highest BCUT2D eigenvalue weighted by Crippen LogP contribution is 2.42. The van der Waals surface area contributed by atoms with Gasteiger partial charge in [0.1, 0.15) is 11.4 Å². The van der Waals surface area contributed by atoms with Crippen molar-refractivity contribution in [3.8, 4) is 28.1 Å². The SMILES string of the molecule is COc1ccc(-c2c(-c3ccc(S(C)(=O)=O)cc3)n[nH]c2C(F)(F)F)cc1F. The van der Waals surface area contributed by atoms with E-state index >= 15 is 0 Å². The van der Waals surface area contributed by atoms with Crippen molar-refractivity contribution in [1.29, 1.82) is 0 Å². The van der Waals surface area contributed by atoms with Crippen molar-refractivity contribution >= 4 is 9.84 Å². The van der Waals surface area contributed by atoms with E-state index in [0.717, 1.165) is 12.3 Å². The molecule has 10 heteroatoms. The lowest BCUT2D eigenvalue weighted by Crippen LogP contribution is -2.07. The molecule has 0 spiro atoms. The first-order valence-electron chi connectivity index (χ1n) is 7.82. The van der Waals surface area contributed by atoms with Gasteiger partial charge in [0.2, 0.25) is 0 Å². The number of alkyl halides is 3. The van der Waals surface area contributed by atoms with Crippen molar-refractivity contribution in [3.63, 3.8) is 0 Å². The molecule has 1 N–H and O–H groups in total. The molecule has 0 saturated carbocycles. The smallest absolute Gasteiger partial charge is 0.433 e. The highest BCUT2D eigenvalue weighted by Gasteiger charge is 2.38. The minimum atomic E-state index is -4.76. The van der Waals surface area contributed by atoms with Gasteiger partial charge in [-0.2, -0.15) is 18.3 Å². The maximum absolute atomic E-state index is 14.1. The molecule has 3 rings (SSSR count). The zero-order valence-electron chi connectivity index (χ0n) is 14.6. The molecule has 28 heavy (non-hydrogen) atoms. The number of hydrogen-bond donors (Lipinski definition) is 1. The molecular formula is C18H14F4N2O3S. The highest BCUT2D eigenvalue weighted by atomic mass is 32.2. The summed E-state index contributed by atoms with van der Waals surface area (Å²) in [4.78, 5) is 0.0138. The second-order valence-electron chi connectivity index (χ2n) is 5.97. The van der Waals surface area contributed by atoms with Gasteiger partial charge >= 0.3 is 6.18 Å². The number of aromatic amines is 1. The zero-order valence-corrected chi connectivity index (χ0v) is 15.5. The van der Waals surface area contributed by atoms with Gasteiger partial charge in [-0.05, 0) is 29.8 Å². The summed E-state index contributed by atoms with van der Waals surface area (Å²) in [5, 5.41) is 5.70. The van der Waals surface area contributed by atoms with Gasteiger partial charge in [-0.25, -0.2) is 12.8 Å². The van der Waals surface area contributed by atoms with Crippen molar-refractivity contribution < 1.29 is 30.7 Å². The predicted octanol–water partition coefficient (Wildman–Crippen LogP) is 4.31. The Morgan fingerprint density at radius 1 is 1.04 bits per heavy atom. The summed E-state index contributed by atoms with van der Waals surface area (Å²) in [7, 11) is -2.23. The van der Waals surface area contributed by atoms with E-state index in [1.165, 1.54) is 43.5 Å². The van der Waals surface area contributed by atoms with Gasteiger partial charge in [0.05, 0.1) is 12.0 Å². The van der Waals surface area contributed by atoms with Crippen LogP contribution < -0.4 is 4.74 Å². The summed E-state index contributed by atoms with van der Waals surface area (Å²) in [6.07, 6.45) is -3.74. The third-order valence-corrected chi connectivity index (χ3v) is 5.17. The van der Waals surface area contributed by atoms with E-state index in [9.17, 15) is 26.0 Å². The molecule has 0 unspecified atom stereocenters. The number of benzene rings is 2. The second kappa shape index (κ2) is 6.93. The van der Waals surface area contributed by atoms with Crippen LogP contribution in [0.25, 0.3) is 22.4 Å². The summed E-state index contributed by atoms with van der Waals surface area (Å²) in [5.74, 6) is -0.937. The van der Waals surface area contributed by atoms with Crippen LogP contribution >= 0.6 is 0 Å². The van der Waals surface area contributed by atoms with Gasteiger partial charge in [-0.3, -0.25) is 5.10 Å². The van der Waals surface area contributed by atoms with Crippen molar-refractivity contribution in [3.05, 3.63) is 54.0 Å². The van der Waals surface area contributed by atoms with E-state index in [1.807, 2.05) is 5.10 Å². The van der Waals surface area contributed by atoms with E-state index in [-0.39, 0.29) is 33.0 Å². The number of aromatic nitrogens is 2. The predicted molar refractivity (Wildman–Crippen MR) is 94.1 cm³/mol. The average Bonchev–Trinajstić information content (AvgIpc) is 3.06. The van der Waals surface area contributed by atoms with Gasteiger partial charge in [-0.1, -0.05) is 18.2 Å². The number of nitrogens with one attached hydrogen (secondary N) is 1. The molecule has 0 aliphatic rings. The molecule has 0 aliphatic heterocycles. The summed E-state index contributed by atoms with van der Waals surface area (Å²) < 4.78 is 82.4. The van der Waals surface area contributed by atoms with Crippen LogP contribution in [0.15, 0.2) is 47.4 Å². The molecule has 1 aromatic heterocycles. The molecule has 148 valence electrons. The van der Waals surface area contributed by atoms with Crippen molar-refractivity contribution in [2.24, 2.45) is 0 Å². The first-order chi connectivity index (χ1) is 13.0. The minimum absolute atomic E-state index is 0.0138. The number of halogens is 4. The van der Waals surface area contributed by atoms with Crippen LogP contribution in [0, 0.1) is 5.82 Å². The standard InChI is InChI=1S/C18H14F4N2O3S/c1-27-14-8-5-11(9-13(14)19)15-16(23-24-17(15)18(20,21)22)10-3-6-12(7-4-10)28(2,25)26/h3-9H,1-2H3,(H,23,24). The largest absolute Gasteiger partial charge is 0.494 e. The van der Waals surface area contributed by atoms with E-state index in [1.54, 1.807) is 0 Å². The molecule has 0 atom stereocenters. The van der Waals surface area contributed by atoms with Gasteiger partial charge in [0.15, 0.2) is 21.4 Å². The summed E-state index contributed by atoms with van der Waals surface area (Å²) in [6.45, 7) is 0. The molecule has 5 nitrogen and oxygen atoms in total. The van der Waals surface area contributed by atoms with E-state index in [0.29, 0.717) is 0 Å². The van der Waals surface area contributed by atoms with Gasteiger partial charge in [0.25, 0.3) is 0 Å². The normalized spacial score (nSPS) is 12.2. The average molecular weight is 414 g/mol. The Bertz CT molecular complexity index is 1120. The maximum atomic E-state index is 14.1. The second-order valence-corrected chi connectivity index (χ2v) is 7.98. The number of H-pyrrole nitrogens is 1. The van der Waals surface area contributed by atoms with Gasteiger partial charge < -0.3 is 4.74 Å². The number of nitrogens with zero attached hydrogens (tertiary/aromatic N) is 1. The van der Waals surface area contributed by atoms with Crippen LogP contribution in [0.2, 0.25) is 0 Å². The van der Waals surface area contributed by atoms with Crippen LogP contribution in [0.4, 0.5) is 17.6 Å². The van der Waals surface area contributed by atoms with Crippen molar-refractivity contribution in [1.82, 2.24) is 10.2 Å².